The fraction of sp³-hybridized carbons (Fsp3) is 0.462. The quantitative estimate of drug-likeness (QED) is 0.00474. The van der Waals surface area contributed by atoms with Crippen LogP contribution in [0, 0.1) is 0 Å². The molecule has 6 aromatic heterocycles. The van der Waals surface area contributed by atoms with Crippen LogP contribution in [0.4, 0.5) is 57.0 Å². The number of aromatic nitrogens is 9. The summed E-state index contributed by atoms with van der Waals surface area (Å²) in [7, 11) is -11.2. The lowest BCUT2D eigenvalue weighted by molar-refractivity contribution is -0.796. The number of halogens is 10. The fourth-order valence-electron chi connectivity index (χ4n) is 13.1. The molecule has 3 aliphatic heterocycles. The van der Waals surface area contributed by atoms with Gasteiger partial charge in [-0.3, -0.25) is 5.21 Å². The summed E-state index contributed by atoms with van der Waals surface area (Å²) in [6, 6.07) is 28.1. The number of nitrogens with zero attached hydrogens (tertiary/aromatic N) is 17. The highest BCUT2D eigenvalue weighted by atomic mass is 127. The number of benzene rings is 2. The van der Waals surface area contributed by atoms with Crippen molar-refractivity contribution in [3.63, 3.8) is 0 Å². The SMILES string of the molecule is C.C/C(c1ccccc1)=[N+](\O)C(CCCc1ncccn1)CS(=O)(=O)N1CCN(c2ccc(C(F)(F)F)cn2)CC1.C[C@@H](c1ccccc1)N(O)C(CCCc1ncccn1)CS(=O)(=O)N1CCN(c2ccc(C(F)(F)F)cn2)CC1.I.O=C(O)C(O)C(O)C(=O)O.O=S(=O)(CC(CCCc1ncccn1)NO)N1CCN(c2ccc(C(F)(F)F)cn2)CC1.[HH].[HH]. The van der Waals surface area contributed by atoms with E-state index in [1.165, 1.54) is 31.1 Å². The van der Waals surface area contributed by atoms with Gasteiger partial charge in [0.15, 0.2) is 12.2 Å². The second-order valence-electron chi connectivity index (χ2n) is 28.3. The molecule has 124 heavy (non-hydrogen) atoms. The van der Waals surface area contributed by atoms with Gasteiger partial charge in [0.05, 0.1) is 40.3 Å². The Morgan fingerprint density at radius 1 is 0.476 bits per heavy atom. The lowest BCUT2D eigenvalue weighted by Gasteiger charge is -2.37. The zero-order valence-corrected chi connectivity index (χ0v) is 71.4. The van der Waals surface area contributed by atoms with Crippen molar-refractivity contribution in [1.29, 1.82) is 0 Å². The van der Waals surface area contributed by atoms with E-state index in [0.29, 0.717) is 112 Å². The van der Waals surface area contributed by atoms with Crippen LogP contribution in [0.15, 0.2) is 171 Å². The fourth-order valence-corrected chi connectivity index (χ4v) is 18.2. The van der Waals surface area contributed by atoms with Crippen molar-refractivity contribution in [2.75, 3.05) is 110 Å². The Hall–Kier alpha value is -9.47. The number of carboxylic acid groups (broad SMARTS) is 2. The number of carboxylic acids is 2. The molecule has 3 saturated heterocycles. The number of piperazine rings is 3. The largest absolute Gasteiger partial charge is 0.479 e. The summed E-state index contributed by atoms with van der Waals surface area (Å²) < 4.78 is 200. The van der Waals surface area contributed by atoms with Gasteiger partial charge in [0, 0.05) is 181 Å². The van der Waals surface area contributed by atoms with Crippen LogP contribution in [0.2, 0.25) is 0 Å². The molecule has 9 heterocycles. The first-order chi connectivity index (χ1) is 57.7. The average Bonchev–Trinajstić information content (AvgIpc) is 0.801. The summed E-state index contributed by atoms with van der Waals surface area (Å²) in [5.41, 5.74) is 1.75. The highest BCUT2D eigenvalue weighted by molar-refractivity contribution is 14.0. The molecule has 0 bridgehead atoms. The van der Waals surface area contributed by atoms with E-state index in [2.05, 4.69) is 50.3 Å². The van der Waals surface area contributed by atoms with E-state index in [-0.39, 0.29) is 117 Å². The van der Waals surface area contributed by atoms with Gasteiger partial charge in [0.25, 0.3) is 0 Å². The number of pyridine rings is 3. The molecule has 5 unspecified atom stereocenters. The Morgan fingerprint density at radius 2 is 0.798 bits per heavy atom. The molecule has 0 amide bonds. The number of aliphatic carboxylic acids is 2. The number of rotatable bonds is 33. The topological polar surface area (TPSA) is 432 Å². The number of anilines is 3. The second kappa shape index (κ2) is 48.3. The summed E-state index contributed by atoms with van der Waals surface area (Å²) in [6.45, 7) is 6.32. The highest BCUT2D eigenvalue weighted by Crippen LogP contribution is 2.34. The molecule has 684 valence electrons. The van der Waals surface area contributed by atoms with E-state index < -0.39 is 114 Å². The van der Waals surface area contributed by atoms with Gasteiger partial charge in [-0.1, -0.05) is 56.0 Å². The van der Waals surface area contributed by atoms with Crippen molar-refractivity contribution in [1.82, 2.24) is 68.3 Å². The zero-order chi connectivity index (χ0) is 89.0. The number of hydrogen-bond donors (Lipinski definition) is 8. The molecular formula is C78H105F9IN18O15S3+. The average molecular weight is 1930 g/mol. The van der Waals surface area contributed by atoms with Crippen LogP contribution in [0.25, 0.3) is 0 Å². The standard InChI is InChI=1S/C27H33F3N6O3S.C27H32F3N6O3S.C19H25F3N6O3S.C4H6O6.CH4.HI.2H2/c2*1-21(22-7-3-2-4-8-22)36(37)24(9-5-10-25-31-13-6-14-32-25)20-40(38,39)35-17-15-34(16-18-35)26-12-11-23(19-33-26)27(28,29)30;20-19(21,22)15-5-6-18(25-13-15)27-9-11-28(12-10-27)32(30,31)14-16(26-29)3-1-4-17-23-7-2-8-24-17;5-1(3(7)8)2(6)4(9)10;;;;/h2-4,6-8,11-14,19,21,24,37H,5,9-10,15-18,20H2,1H3;2-4,6-8,11-14,19,24,37H,5,9-10,15-18,20H2,1H3;2,5-8,13,16,26,29H,1,3-4,9-12,14H2;1-2,5-6H,(H,7,8)(H,9,10);1H4;3*1H/q;+1;;;;;;/b;36-21+;;;;;;/t21-,24?;;;;;;;/m0......./s1. The van der Waals surface area contributed by atoms with Crippen LogP contribution in [-0.2, 0) is 77.5 Å². The first-order valence-electron chi connectivity index (χ1n) is 38.4. The molecule has 0 spiro atoms. The van der Waals surface area contributed by atoms with Crippen molar-refractivity contribution in [2.45, 2.75) is 134 Å². The number of aliphatic hydroxyl groups excluding tert-OH is 2. The minimum atomic E-state index is -4.47. The molecule has 33 nitrogen and oxygen atoms in total. The van der Waals surface area contributed by atoms with Crippen LogP contribution in [-0.4, -0.2) is 273 Å². The zero-order valence-electron chi connectivity index (χ0n) is 66.6. The number of alkyl halides is 9. The summed E-state index contributed by atoms with van der Waals surface area (Å²) in [5.74, 6) is -1.35. The molecule has 46 heteroatoms. The lowest BCUT2D eigenvalue weighted by atomic mass is 10.0. The Kier molecular flexibility index (Phi) is 40.2. The molecule has 0 aliphatic carbocycles. The first-order valence-corrected chi connectivity index (χ1v) is 43.2. The maximum absolute atomic E-state index is 13.5. The summed E-state index contributed by atoms with van der Waals surface area (Å²) in [6.07, 6.45) is -1.12. The van der Waals surface area contributed by atoms with E-state index >= 15 is 0 Å². The number of hydrogen-bond acceptors (Lipinski definition) is 27. The third-order valence-corrected chi connectivity index (χ3v) is 25.8. The summed E-state index contributed by atoms with van der Waals surface area (Å²) >= 11 is 0. The molecule has 3 fully saturated rings. The van der Waals surface area contributed by atoms with Gasteiger partial charge in [-0.2, -0.15) is 57.5 Å². The molecule has 0 saturated carbocycles. The third-order valence-electron chi connectivity index (χ3n) is 19.9. The molecule has 6 atom stereocenters. The Balaban J connectivity index is 0.000000371. The van der Waals surface area contributed by atoms with Crippen molar-refractivity contribution in [3.8, 4) is 0 Å². The Morgan fingerprint density at radius 3 is 1.12 bits per heavy atom. The second-order valence-corrected chi connectivity index (χ2v) is 34.4. The summed E-state index contributed by atoms with van der Waals surface area (Å²) in [5, 5.41) is 65.4. The number of hydroxylamine groups is 4. The maximum Gasteiger partial charge on any atom is 0.417 e. The van der Waals surface area contributed by atoms with E-state index in [0.717, 1.165) is 57.7 Å². The van der Waals surface area contributed by atoms with E-state index in [1.807, 2.05) is 67.6 Å². The third kappa shape index (κ3) is 31.9. The van der Waals surface area contributed by atoms with Gasteiger partial charge >= 0.3 is 30.5 Å². The highest BCUT2D eigenvalue weighted by Gasteiger charge is 2.40. The molecule has 2 aromatic carbocycles. The number of carbonyl (C=O) groups is 2. The van der Waals surface area contributed by atoms with Gasteiger partial charge in [-0.25, -0.2) is 85.2 Å². The minimum Gasteiger partial charge on any atom is -0.479 e. The first kappa shape index (κ1) is 103. The van der Waals surface area contributed by atoms with E-state index in [1.54, 1.807) is 77.0 Å². The van der Waals surface area contributed by atoms with Gasteiger partial charge in [-0.15, -0.1) is 24.0 Å². The predicted molar refractivity (Wildman–Crippen MR) is 452 cm³/mol. The number of nitrogens with one attached hydrogen (secondary N) is 1. The van der Waals surface area contributed by atoms with Crippen LogP contribution < -0.4 is 20.2 Å². The van der Waals surface area contributed by atoms with E-state index in [9.17, 15) is 90.0 Å². The van der Waals surface area contributed by atoms with Crippen molar-refractivity contribution in [3.05, 3.63) is 216 Å². The predicted octanol–water partition coefficient (Wildman–Crippen LogP) is 9.17. The van der Waals surface area contributed by atoms with Crippen molar-refractivity contribution >= 4 is 89.2 Å². The minimum absolute atomic E-state index is 0. The molecule has 0 radical (unpaired) electrons. The Bertz CT molecular complexity index is 4920. The van der Waals surface area contributed by atoms with Crippen LogP contribution in [0.3, 0.4) is 0 Å². The van der Waals surface area contributed by atoms with Crippen molar-refractivity contribution in [2.24, 2.45) is 0 Å². The van der Waals surface area contributed by atoms with Gasteiger partial charge in [-0.05, 0) is 116 Å². The molecule has 11 rings (SSSR count). The molecule has 8 N–H and O–H groups in total. The maximum atomic E-state index is 13.5. The lowest BCUT2D eigenvalue weighted by Crippen LogP contribution is -2.51. The molecule has 3 aliphatic rings. The van der Waals surface area contributed by atoms with Crippen LogP contribution in [0.5, 0.6) is 0 Å². The number of aryl methyl sites for hydroxylation is 3. The molecular weight excluding hydrogens is 1820 g/mol. The van der Waals surface area contributed by atoms with E-state index in [4.69, 9.17) is 20.4 Å². The smallest absolute Gasteiger partial charge is 0.417 e. The van der Waals surface area contributed by atoms with Crippen molar-refractivity contribution < 1.29 is 118 Å². The number of aliphatic hydroxyl groups is 2. The van der Waals surface area contributed by atoms with Crippen LogP contribution >= 0.6 is 24.0 Å². The summed E-state index contributed by atoms with van der Waals surface area (Å²) in [4.78, 5) is 61.6. The Labute approximate surface area is 732 Å². The monoisotopic (exact) mass is 1930 g/mol. The van der Waals surface area contributed by atoms with Gasteiger partial charge < -0.3 is 45.5 Å². The molecule has 8 aromatic rings. The van der Waals surface area contributed by atoms with Crippen LogP contribution in [0.1, 0.15) is 114 Å². The van der Waals surface area contributed by atoms with Gasteiger partial charge in [0.1, 0.15) is 40.7 Å². The van der Waals surface area contributed by atoms with Gasteiger partial charge in [0.2, 0.25) is 41.8 Å². The normalized spacial score (nSPS) is 16.3. The number of sulfonamides is 3.